The minimum Gasteiger partial charge on any atom is -0.468 e. The fraction of sp³-hybridized carbons (Fsp3) is 0.333. The molecule has 112 valence electrons. The molecule has 1 aliphatic heterocycles. The van der Waals surface area contributed by atoms with Gasteiger partial charge in [0.15, 0.2) is 0 Å². The van der Waals surface area contributed by atoms with E-state index in [2.05, 4.69) is 4.74 Å². The number of carbonyl (C=O) groups is 2. The highest BCUT2D eigenvalue weighted by molar-refractivity contribution is 5.85. The van der Waals surface area contributed by atoms with Crippen LogP contribution in [0.5, 0.6) is 0 Å². The molecular weight excluding hydrogens is 274 g/mol. The Balaban J connectivity index is 2.42. The second-order valence-electron chi connectivity index (χ2n) is 4.56. The van der Waals surface area contributed by atoms with Gasteiger partial charge in [-0.15, -0.1) is 5.06 Å². The van der Waals surface area contributed by atoms with Crippen molar-refractivity contribution in [2.75, 3.05) is 21.3 Å². The first-order chi connectivity index (χ1) is 10.1. The zero-order valence-electron chi connectivity index (χ0n) is 12.1. The number of rotatable bonds is 3. The van der Waals surface area contributed by atoms with Crippen molar-refractivity contribution in [2.24, 2.45) is 5.92 Å². The zero-order valence-corrected chi connectivity index (χ0v) is 12.1. The Labute approximate surface area is 122 Å². The van der Waals surface area contributed by atoms with Crippen LogP contribution in [0.4, 0.5) is 0 Å². The van der Waals surface area contributed by atoms with Gasteiger partial charge >= 0.3 is 11.9 Å². The number of ether oxygens (including phenoxy) is 2. The summed E-state index contributed by atoms with van der Waals surface area (Å²) in [5.41, 5.74) is 0.892. The van der Waals surface area contributed by atoms with Crippen LogP contribution in [-0.4, -0.2) is 38.3 Å². The largest absolute Gasteiger partial charge is 0.468 e. The van der Waals surface area contributed by atoms with Crippen molar-refractivity contribution in [2.45, 2.75) is 6.04 Å². The predicted octanol–water partition coefficient (Wildman–Crippen LogP) is 1.45. The molecule has 6 heteroatoms. The average molecular weight is 291 g/mol. The van der Waals surface area contributed by atoms with Gasteiger partial charge in [-0.3, -0.25) is 4.79 Å². The summed E-state index contributed by atoms with van der Waals surface area (Å²) in [6.07, 6.45) is 1.17. The normalized spacial score (nSPS) is 23.7. The van der Waals surface area contributed by atoms with Crippen LogP contribution in [0.3, 0.4) is 0 Å². The van der Waals surface area contributed by atoms with Gasteiger partial charge in [0.1, 0.15) is 11.7 Å². The van der Waals surface area contributed by atoms with E-state index in [1.807, 2.05) is 30.3 Å². The van der Waals surface area contributed by atoms with Gasteiger partial charge in [-0.05, 0) is 5.56 Å². The molecule has 2 rings (SSSR count). The van der Waals surface area contributed by atoms with Crippen LogP contribution < -0.4 is 0 Å². The fourth-order valence-corrected chi connectivity index (χ4v) is 2.36. The summed E-state index contributed by atoms with van der Waals surface area (Å²) >= 11 is 0. The first-order valence-corrected chi connectivity index (χ1v) is 6.41. The first-order valence-electron chi connectivity index (χ1n) is 6.41. The van der Waals surface area contributed by atoms with E-state index in [-0.39, 0.29) is 11.8 Å². The molecule has 0 radical (unpaired) electrons. The molecule has 0 aromatic heterocycles. The topological polar surface area (TPSA) is 65.1 Å². The van der Waals surface area contributed by atoms with Gasteiger partial charge in [0.05, 0.1) is 26.3 Å². The van der Waals surface area contributed by atoms with E-state index < -0.39 is 17.9 Å². The fourth-order valence-electron chi connectivity index (χ4n) is 2.36. The summed E-state index contributed by atoms with van der Waals surface area (Å²) in [5.74, 6) is -1.56. The third-order valence-corrected chi connectivity index (χ3v) is 3.32. The van der Waals surface area contributed by atoms with Crippen molar-refractivity contribution in [3.8, 4) is 0 Å². The Morgan fingerprint density at radius 1 is 1.19 bits per heavy atom. The second kappa shape index (κ2) is 6.41. The van der Waals surface area contributed by atoms with Gasteiger partial charge in [0.2, 0.25) is 0 Å². The Kier molecular flexibility index (Phi) is 4.59. The van der Waals surface area contributed by atoms with Crippen molar-refractivity contribution in [1.29, 1.82) is 0 Å². The summed E-state index contributed by atoms with van der Waals surface area (Å²) in [6, 6.07) is 9.05. The molecule has 0 saturated carbocycles. The monoisotopic (exact) mass is 291 g/mol. The van der Waals surface area contributed by atoms with Crippen LogP contribution in [-0.2, 0) is 23.9 Å². The molecule has 1 saturated heterocycles. The lowest BCUT2D eigenvalue weighted by molar-refractivity contribution is -0.145. The van der Waals surface area contributed by atoms with Crippen molar-refractivity contribution < 1.29 is 23.9 Å². The zero-order chi connectivity index (χ0) is 15.4. The lowest BCUT2D eigenvalue weighted by Gasteiger charge is -2.19. The molecule has 0 bridgehead atoms. The number of hydrogen-bond acceptors (Lipinski definition) is 6. The molecule has 6 nitrogen and oxygen atoms in total. The van der Waals surface area contributed by atoms with Gasteiger partial charge < -0.3 is 14.3 Å². The van der Waals surface area contributed by atoms with E-state index >= 15 is 0 Å². The predicted molar refractivity (Wildman–Crippen MR) is 73.6 cm³/mol. The lowest BCUT2D eigenvalue weighted by atomic mass is 9.92. The van der Waals surface area contributed by atoms with Crippen molar-refractivity contribution in [3.05, 3.63) is 47.7 Å². The Morgan fingerprint density at radius 3 is 2.43 bits per heavy atom. The molecule has 0 spiro atoms. The molecule has 0 N–H and O–H groups in total. The smallest absolute Gasteiger partial charge is 0.333 e. The molecule has 1 fully saturated rings. The average Bonchev–Trinajstić information content (AvgIpc) is 2.83. The van der Waals surface area contributed by atoms with Crippen LogP contribution in [0.25, 0.3) is 0 Å². The summed E-state index contributed by atoms with van der Waals surface area (Å²) in [6.45, 7) is 0. The Morgan fingerprint density at radius 2 is 1.86 bits per heavy atom. The quantitative estimate of drug-likeness (QED) is 0.620. The van der Waals surface area contributed by atoms with E-state index in [0.717, 1.165) is 5.56 Å². The molecular formula is C15H17NO5. The number of nitrogens with zero attached hydrogens (tertiary/aromatic N) is 1. The summed E-state index contributed by atoms with van der Waals surface area (Å²) in [4.78, 5) is 29.1. The number of hydroxylamine groups is 2. The molecule has 0 unspecified atom stereocenters. The van der Waals surface area contributed by atoms with E-state index in [0.29, 0.717) is 0 Å². The van der Waals surface area contributed by atoms with Crippen LogP contribution >= 0.6 is 0 Å². The molecule has 1 aliphatic rings. The van der Waals surface area contributed by atoms with Crippen LogP contribution in [0.1, 0.15) is 11.6 Å². The maximum Gasteiger partial charge on any atom is 0.333 e. The van der Waals surface area contributed by atoms with Gasteiger partial charge in [0, 0.05) is 7.05 Å². The van der Waals surface area contributed by atoms with Crippen molar-refractivity contribution in [1.82, 2.24) is 5.06 Å². The molecule has 1 aromatic rings. The second-order valence-corrected chi connectivity index (χ2v) is 4.56. The highest BCUT2D eigenvalue weighted by Gasteiger charge is 2.45. The summed E-state index contributed by atoms with van der Waals surface area (Å²) in [7, 11) is 4.27. The first kappa shape index (κ1) is 15.1. The number of carbonyl (C=O) groups excluding carboxylic acids is 2. The van der Waals surface area contributed by atoms with E-state index in [9.17, 15) is 9.59 Å². The number of esters is 2. The van der Waals surface area contributed by atoms with Crippen LogP contribution in [0, 0.1) is 5.92 Å². The SMILES string of the molecule is COC(=O)/C=C1\ON(C)[C@@H](c2ccccc2)[C@H]1C(=O)OC. The summed E-state index contributed by atoms with van der Waals surface area (Å²) in [5, 5.41) is 1.53. The maximum atomic E-state index is 12.1. The lowest BCUT2D eigenvalue weighted by Crippen LogP contribution is -2.26. The van der Waals surface area contributed by atoms with Gasteiger partial charge in [-0.2, -0.15) is 0 Å². The summed E-state index contributed by atoms with van der Waals surface area (Å²) < 4.78 is 9.43. The maximum absolute atomic E-state index is 12.1. The number of hydrogen-bond donors (Lipinski definition) is 0. The molecule has 0 amide bonds. The van der Waals surface area contributed by atoms with Crippen molar-refractivity contribution in [3.63, 3.8) is 0 Å². The standard InChI is InChI=1S/C15H17NO5/c1-16-14(10-7-5-4-6-8-10)13(15(18)20-3)11(21-16)9-12(17)19-2/h4-9,13-14H,1-3H3/b11-9-/t13-,14-/m0/s1. The third kappa shape index (κ3) is 3.05. The Bertz CT molecular complexity index is 554. The van der Waals surface area contributed by atoms with E-state index in [4.69, 9.17) is 9.57 Å². The molecule has 0 aliphatic carbocycles. The number of methoxy groups -OCH3 is 2. The third-order valence-electron chi connectivity index (χ3n) is 3.32. The molecule has 2 atom stereocenters. The molecule has 1 aromatic carbocycles. The van der Waals surface area contributed by atoms with Crippen molar-refractivity contribution >= 4 is 11.9 Å². The van der Waals surface area contributed by atoms with E-state index in [1.165, 1.54) is 25.4 Å². The number of benzene rings is 1. The Hall–Kier alpha value is -2.34. The van der Waals surface area contributed by atoms with Crippen LogP contribution in [0.15, 0.2) is 42.2 Å². The molecule has 21 heavy (non-hydrogen) atoms. The molecule has 1 heterocycles. The van der Waals surface area contributed by atoms with Crippen LogP contribution in [0.2, 0.25) is 0 Å². The van der Waals surface area contributed by atoms with Gasteiger partial charge in [0.25, 0.3) is 0 Å². The van der Waals surface area contributed by atoms with Gasteiger partial charge in [-0.1, -0.05) is 30.3 Å². The van der Waals surface area contributed by atoms with E-state index in [1.54, 1.807) is 7.05 Å². The highest BCUT2D eigenvalue weighted by Crippen LogP contribution is 2.41. The van der Waals surface area contributed by atoms with Gasteiger partial charge in [-0.25, -0.2) is 4.79 Å². The minimum atomic E-state index is -0.721. The minimum absolute atomic E-state index is 0.213. The highest BCUT2D eigenvalue weighted by atomic mass is 16.7.